The molecule has 3 aromatic rings. The first-order chi connectivity index (χ1) is 17.6. The summed E-state index contributed by atoms with van der Waals surface area (Å²) in [5.74, 6) is 0.0413. The minimum Gasteiger partial charge on any atom is -0.350 e. The van der Waals surface area contributed by atoms with E-state index in [4.69, 9.17) is 26.1 Å². The van der Waals surface area contributed by atoms with E-state index in [0.29, 0.717) is 26.3 Å². The molecule has 7 heteroatoms. The highest BCUT2D eigenvalue weighted by Crippen LogP contribution is 2.40. The molecule has 6 nitrogen and oxygen atoms in total. The second-order valence-electron chi connectivity index (χ2n) is 11.3. The van der Waals surface area contributed by atoms with Crippen molar-refractivity contribution in [2.75, 3.05) is 25.6 Å². The molecule has 0 saturated carbocycles. The molecule has 37 heavy (non-hydrogen) atoms. The average Bonchev–Trinajstić information content (AvgIpc) is 3.27. The first-order valence-corrected chi connectivity index (χ1v) is 13.4. The van der Waals surface area contributed by atoms with Gasteiger partial charge in [-0.25, -0.2) is 4.98 Å². The number of hydrogen-bond acceptors (Lipinski definition) is 4. The summed E-state index contributed by atoms with van der Waals surface area (Å²) in [6, 6.07) is 20.2. The Labute approximate surface area is 225 Å². The van der Waals surface area contributed by atoms with E-state index in [1.165, 1.54) is 5.56 Å². The Hall–Kier alpha value is -2.67. The van der Waals surface area contributed by atoms with Gasteiger partial charge in [-0.3, -0.25) is 4.79 Å². The monoisotopic (exact) mass is 523 g/mol. The van der Waals surface area contributed by atoms with Gasteiger partial charge in [0.1, 0.15) is 11.7 Å². The summed E-state index contributed by atoms with van der Waals surface area (Å²) in [7, 11) is 0. The van der Waals surface area contributed by atoms with E-state index in [2.05, 4.69) is 55.8 Å². The Balaban J connectivity index is 1.77. The molecule has 1 unspecified atom stereocenters. The van der Waals surface area contributed by atoms with Crippen LogP contribution in [0.15, 0.2) is 66.9 Å². The Morgan fingerprint density at radius 1 is 1.08 bits per heavy atom. The summed E-state index contributed by atoms with van der Waals surface area (Å²) in [6.45, 7) is 12.4. The molecule has 1 aromatic heterocycles. The molecule has 1 atom stereocenters. The third-order valence-electron chi connectivity index (χ3n) is 6.67. The van der Waals surface area contributed by atoms with Crippen molar-refractivity contribution in [2.24, 2.45) is 11.3 Å². The number of aromatic nitrogens is 2. The second-order valence-corrected chi connectivity index (χ2v) is 11.6. The fourth-order valence-corrected chi connectivity index (χ4v) is 4.99. The number of ether oxygens (including phenoxy) is 2. The van der Waals surface area contributed by atoms with Crippen LogP contribution in [0.2, 0.25) is 0 Å². The van der Waals surface area contributed by atoms with Gasteiger partial charge in [0.2, 0.25) is 5.91 Å². The summed E-state index contributed by atoms with van der Waals surface area (Å²) in [5.41, 5.74) is 2.77. The van der Waals surface area contributed by atoms with E-state index < -0.39 is 5.79 Å². The van der Waals surface area contributed by atoms with Gasteiger partial charge in [0.15, 0.2) is 5.79 Å². The third kappa shape index (κ3) is 6.81. The zero-order chi connectivity index (χ0) is 26.6. The maximum Gasteiger partial charge on any atom is 0.238 e. The quantitative estimate of drug-likeness (QED) is 0.332. The first kappa shape index (κ1) is 27.4. The summed E-state index contributed by atoms with van der Waals surface area (Å²) >= 11 is 6.18. The molecule has 1 amide bonds. The molecule has 0 radical (unpaired) electrons. The molecular weight excluding hydrogens is 486 g/mol. The van der Waals surface area contributed by atoms with Crippen molar-refractivity contribution in [3.63, 3.8) is 0 Å². The highest BCUT2D eigenvalue weighted by molar-refractivity contribution is 6.27. The van der Waals surface area contributed by atoms with E-state index in [1.807, 2.05) is 55.1 Å². The number of benzene rings is 2. The van der Waals surface area contributed by atoms with Crippen LogP contribution in [0.1, 0.15) is 52.0 Å². The fraction of sp³-hybridized carbons (Fsp3) is 0.467. The van der Waals surface area contributed by atoms with Gasteiger partial charge in [0.05, 0.1) is 24.9 Å². The lowest BCUT2D eigenvalue weighted by Gasteiger charge is -2.43. The number of hydrogen-bond donors (Lipinski definition) is 0. The van der Waals surface area contributed by atoms with Crippen LogP contribution >= 0.6 is 11.6 Å². The van der Waals surface area contributed by atoms with Crippen molar-refractivity contribution in [1.29, 1.82) is 0 Å². The highest BCUT2D eigenvalue weighted by Gasteiger charge is 2.40. The highest BCUT2D eigenvalue weighted by atomic mass is 35.5. The van der Waals surface area contributed by atoms with Gasteiger partial charge in [0, 0.05) is 30.8 Å². The number of carbonyl (C=O) groups excluding carboxylic acids is 1. The smallest absolute Gasteiger partial charge is 0.238 e. The maximum absolute atomic E-state index is 13.4. The van der Waals surface area contributed by atoms with Crippen LogP contribution in [-0.4, -0.2) is 51.8 Å². The van der Waals surface area contributed by atoms with Crippen LogP contribution in [0.5, 0.6) is 0 Å². The zero-order valence-corrected chi connectivity index (χ0v) is 23.2. The van der Waals surface area contributed by atoms with Crippen LogP contribution in [0.25, 0.3) is 11.3 Å². The Kier molecular flexibility index (Phi) is 8.42. The van der Waals surface area contributed by atoms with Crippen LogP contribution in [0.3, 0.4) is 0 Å². The Morgan fingerprint density at radius 3 is 2.24 bits per heavy atom. The summed E-state index contributed by atoms with van der Waals surface area (Å²) < 4.78 is 14.0. The van der Waals surface area contributed by atoms with Crippen molar-refractivity contribution in [3.8, 4) is 11.3 Å². The number of nitrogens with zero attached hydrogens (tertiary/aromatic N) is 3. The summed E-state index contributed by atoms with van der Waals surface area (Å²) in [5, 5.41) is 0. The number of carbonyl (C=O) groups is 1. The molecule has 1 saturated heterocycles. The largest absolute Gasteiger partial charge is 0.350 e. The fourth-order valence-electron chi connectivity index (χ4n) is 4.84. The third-order valence-corrected chi connectivity index (χ3v) is 6.90. The Morgan fingerprint density at radius 2 is 1.68 bits per heavy atom. The molecule has 0 bridgehead atoms. The number of halogens is 1. The lowest BCUT2D eigenvalue weighted by Crippen LogP contribution is -2.49. The molecule has 1 aliphatic heterocycles. The normalized spacial score (nSPS) is 16.9. The molecule has 1 aliphatic rings. The second kappa shape index (κ2) is 11.4. The lowest BCUT2D eigenvalue weighted by atomic mass is 9.84. The van der Waals surface area contributed by atoms with Crippen molar-refractivity contribution in [2.45, 2.75) is 53.0 Å². The topological polar surface area (TPSA) is 56.6 Å². The van der Waals surface area contributed by atoms with Gasteiger partial charge >= 0.3 is 0 Å². The summed E-state index contributed by atoms with van der Waals surface area (Å²) in [6.07, 6.45) is 2.09. The van der Waals surface area contributed by atoms with Gasteiger partial charge in [-0.05, 0) is 24.8 Å². The van der Waals surface area contributed by atoms with Crippen LogP contribution in [-0.2, 0) is 20.8 Å². The molecule has 2 heterocycles. The van der Waals surface area contributed by atoms with Crippen molar-refractivity contribution in [3.05, 3.63) is 78.2 Å². The minimum atomic E-state index is -0.613. The van der Waals surface area contributed by atoms with E-state index in [1.54, 1.807) is 0 Å². The number of amides is 1. The van der Waals surface area contributed by atoms with Crippen molar-refractivity contribution < 1.29 is 14.3 Å². The van der Waals surface area contributed by atoms with Gasteiger partial charge in [0.25, 0.3) is 0 Å². The minimum absolute atomic E-state index is 0.0381. The maximum atomic E-state index is 13.4. The summed E-state index contributed by atoms with van der Waals surface area (Å²) in [4.78, 5) is 20.4. The lowest BCUT2D eigenvalue weighted by molar-refractivity contribution is -0.263. The van der Waals surface area contributed by atoms with E-state index in [9.17, 15) is 4.79 Å². The van der Waals surface area contributed by atoms with Crippen molar-refractivity contribution >= 4 is 17.5 Å². The molecule has 0 spiro atoms. The molecule has 0 N–H and O–H groups in total. The van der Waals surface area contributed by atoms with Gasteiger partial charge in [-0.2, -0.15) is 0 Å². The molecule has 0 aliphatic carbocycles. The van der Waals surface area contributed by atoms with Crippen LogP contribution < -0.4 is 0 Å². The van der Waals surface area contributed by atoms with Gasteiger partial charge < -0.3 is 18.9 Å². The van der Waals surface area contributed by atoms with Gasteiger partial charge in [-0.1, -0.05) is 81.4 Å². The number of imidazole rings is 1. The molecule has 1 fully saturated rings. The standard InChI is InChI=1S/C30H38ClN3O3/c1-29(2,3)27(34(26(35)16-31)18-23-20-36-30(4,5)37-21-23)28-32-25(24-14-10-7-11-15-24)19-33(28)17-22-12-8-6-9-13-22/h6-15,19,23,27H,16-18,20-21H2,1-5H3. The number of rotatable bonds is 8. The van der Waals surface area contributed by atoms with Crippen molar-refractivity contribution in [1.82, 2.24) is 14.5 Å². The predicted molar refractivity (Wildman–Crippen MR) is 147 cm³/mol. The SMILES string of the molecule is CC1(C)OCC(CN(C(=O)CCl)C(c2nc(-c3ccccc3)cn2Cc2ccccc2)C(C)(C)C)CO1. The van der Waals surface area contributed by atoms with Gasteiger partial charge in [-0.15, -0.1) is 11.6 Å². The van der Waals surface area contributed by atoms with Crippen LogP contribution in [0.4, 0.5) is 0 Å². The zero-order valence-electron chi connectivity index (χ0n) is 22.5. The van der Waals surface area contributed by atoms with E-state index in [0.717, 1.165) is 17.1 Å². The average molecular weight is 524 g/mol. The first-order valence-electron chi connectivity index (χ1n) is 12.9. The Bertz CT molecular complexity index is 1160. The predicted octanol–water partition coefficient (Wildman–Crippen LogP) is 6.15. The van der Waals surface area contributed by atoms with Crippen LogP contribution in [0, 0.1) is 11.3 Å². The molecule has 2 aromatic carbocycles. The van der Waals surface area contributed by atoms with E-state index >= 15 is 0 Å². The van der Waals surface area contributed by atoms with E-state index in [-0.39, 0.29) is 29.2 Å². The molecule has 198 valence electrons. The molecule has 4 rings (SSSR count). The molecular formula is C30H38ClN3O3. The number of alkyl halides is 1.